The van der Waals surface area contributed by atoms with Gasteiger partial charge in [-0.05, 0) is 0 Å². The molecular weight excluding hydrogens is 534 g/mol. The fourth-order valence-corrected chi connectivity index (χ4v) is 5.67. The van der Waals surface area contributed by atoms with E-state index in [1.54, 1.807) is 0 Å². The Labute approximate surface area is 220 Å². The van der Waals surface area contributed by atoms with E-state index in [0.29, 0.717) is 0 Å². The van der Waals surface area contributed by atoms with Crippen molar-refractivity contribution < 1.29 is 66.2 Å². The molecular formula is C22H31NO14S. The predicted octanol–water partition coefficient (Wildman–Crippen LogP) is -1.25. The molecule has 1 saturated heterocycles. The van der Waals surface area contributed by atoms with Crippen LogP contribution in [0.2, 0.25) is 0 Å². The maximum Gasteiger partial charge on any atom is 0.329 e. The van der Waals surface area contributed by atoms with Crippen molar-refractivity contribution in [3.8, 4) is 0 Å². The first-order valence-corrected chi connectivity index (χ1v) is 12.5. The van der Waals surface area contributed by atoms with Crippen molar-refractivity contribution in [3.05, 3.63) is 0 Å². The summed E-state index contributed by atoms with van der Waals surface area (Å²) in [6.45, 7) is 5.32. The number of hydrogen-bond donors (Lipinski definition) is 0. The van der Waals surface area contributed by atoms with E-state index in [0.717, 1.165) is 53.6 Å². The van der Waals surface area contributed by atoms with Gasteiger partial charge in [0.15, 0.2) is 24.4 Å². The number of amides is 1. The fourth-order valence-electron chi connectivity index (χ4n) is 3.81. The van der Waals surface area contributed by atoms with Gasteiger partial charge in [-0.1, -0.05) is 0 Å². The smallest absolute Gasteiger partial charge is 0.329 e. The Kier molecular flexibility index (Phi) is 12.3. The minimum absolute atomic E-state index is 0.416. The van der Waals surface area contributed by atoms with E-state index in [1.807, 2.05) is 0 Å². The van der Waals surface area contributed by atoms with Crippen molar-refractivity contribution in [3.63, 3.8) is 0 Å². The van der Waals surface area contributed by atoms with Gasteiger partial charge in [0.05, 0.1) is 23.7 Å². The summed E-state index contributed by atoms with van der Waals surface area (Å²) in [6.07, 6.45) is -7.10. The van der Waals surface area contributed by atoms with Gasteiger partial charge in [-0.2, -0.15) is 0 Å². The first-order chi connectivity index (χ1) is 17.6. The normalized spacial score (nSPS) is 21.7. The van der Waals surface area contributed by atoms with Crippen LogP contribution in [-0.4, -0.2) is 106 Å². The average Bonchev–Trinajstić information content (AvgIpc) is 3.13. The van der Waals surface area contributed by atoms with Crippen LogP contribution in [0.3, 0.4) is 0 Å². The quantitative estimate of drug-likeness (QED) is 0.213. The standard InChI is InChI=1S/C22H31NO14S/c1-10(24)23-16(22(30)32-7)9-38(31)21(23)20(37-15(6)29)19(36-14(5)28)18(35-13(4)27)17(34-12(3)26)8-33-11(2)25/h16-21H,8-9H2,1-7H3/t16-,17?,18?,19?,20?,21+,38?/m0/s1. The van der Waals surface area contributed by atoms with Crippen molar-refractivity contribution >= 4 is 52.5 Å². The van der Waals surface area contributed by atoms with Gasteiger partial charge >= 0.3 is 35.8 Å². The molecule has 0 aromatic heterocycles. The summed E-state index contributed by atoms with van der Waals surface area (Å²) in [5, 5.41) is -1.60. The average molecular weight is 566 g/mol. The third-order valence-electron chi connectivity index (χ3n) is 5.01. The van der Waals surface area contributed by atoms with Crippen LogP contribution in [0.25, 0.3) is 0 Å². The summed E-state index contributed by atoms with van der Waals surface area (Å²) in [4.78, 5) is 85.4. The summed E-state index contributed by atoms with van der Waals surface area (Å²) in [5.41, 5.74) is 0. The summed E-state index contributed by atoms with van der Waals surface area (Å²) in [5.74, 6) is -6.77. The molecule has 0 spiro atoms. The van der Waals surface area contributed by atoms with E-state index in [2.05, 4.69) is 0 Å². The molecule has 1 fully saturated rings. The Morgan fingerprint density at radius 1 is 0.763 bits per heavy atom. The number of hydrogen-bond acceptors (Lipinski definition) is 14. The first-order valence-electron chi connectivity index (χ1n) is 11.2. The third-order valence-corrected chi connectivity index (χ3v) is 6.69. The summed E-state index contributed by atoms with van der Waals surface area (Å²) < 4.78 is 44.0. The molecule has 1 amide bonds. The van der Waals surface area contributed by atoms with Crippen LogP contribution in [-0.2, 0) is 72.8 Å². The third kappa shape index (κ3) is 9.08. The minimum Gasteiger partial charge on any atom is -0.467 e. The highest BCUT2D eigenvalue weighted by atomic mass is 32.2. The van der Waals surface area contributed by atoms with Gasteiger partial charge in [-0.25, -0.2) is 4.79 Å². The van der Waals surface area contributed by atoms with E-state index < -0.39 is 101 Å². The number of nitrogens with zero attached hydrogens (tertiary/aromatic N) is 1. The second kappa shape index (κ2) is 14.4. The SMILES string of the molecule is COC(=O)[C@@H]1CS(=O)[C@H](C(OC(C)=O)C(OC(C)=O)C(OC(C)=O)C(COC(C)=O)OC(C)=O)N1C(C)=O. The molecule has 1 rings (SSSR count). The molecule has 0 aliphatic carbocycles. The lowest BCUT2D eigenvalue weighted by Crippen LogP contribution is -2.60. The van der Waals surface area contributed by atoms with Crippen LogP contribution < -0.4 is 0 Å². The second-order valence-corrected chi connectivity index (χ2v) is 9.65. The van der Waals surface area contributed by atoms with E-state index in [-0.39, 0.29) is 0 Å². The molecule has 0 aromatic rings. The van der Waals surface area contributed by atoms with Crippen LogP contribution in [0.1, 0.15) is 41.5 Å². The molecule has 0 radical (unpaired) electrons. The van der Waals surface area contributed by atoms with Crippen LogP contribution in [0.4, 0.5) is 0 Å². The highest BCUT2D eigenvalue weighted by Crippen LogP contribution is 2.31. The zero-order chi connectivity index (χ0) is 29.3. The molecule has 0 aromatic carbocycles. The van der Waals surface area contributed by atoms with Crippen molar-refractivity contribution in [1.29, 1.82) is 0 Å². The molecule has 16 heteroatoms. The van der Waals surface area contributed by atoms with Gasteiger partial charge in [-0.15, -0.1) is 0 Å². The van der Waals surface area contributed by atoms with Gasteiger partial charge in [0, 0.05) is 41.5 Å². The van der Waals surface area contributed by atoms with Crippen LogP contribution >= 0.6 is 0 Å². The molecule has 0 saturated carbocycles. The van der Waals surface area contributed by atoms with Gasteiger partial charge in [0.25, 0.3) is 0 Å². The zero-order valence-electron chi connectivity index (χ0n) is 21.9. The van der Waals surface area contributed by atoms with Crippen molar-refractivity contribution in [1.82, 2.24) is 4.90 Å². The number of rotatable bonds is 11. The number of esters is 6. The monoisotopic (exact) mass is 565 g/mol. The van der Waals surface area contributed by atoms with E-state index >= 15 is 0 Å². The molecule has 5 unspecified atom stereocenters. The van der Waals surface area contributed by atoms with E-state index in [4.69, 9.17) is 28.4 Å². The minimum atomic E-state index is -2.11. The summed E-state index contributed by atoms with van der Waals surface area (Å²) in [6, 6.07) is -1.35. The van der Waals surface area contributed by atoms with Gasteiger partial charge in [-0.3, -0.25) is 33.0 Å². The topological polar surface area (TPSA) is 195 Å². The molecule has 15 nitrogen and oxygen atoms in total. The largest absolute Gasteiger partial charge is 0.467 e. The van der Waals surface area contributed by atoms with Crippen LogP contribution in [0.5, 0.6) is 0 Å². The highest BCUT2D eigenvalue weighted by Gasteiger charge is 2.56. The molecule has 38 heavy (non-hydrogen) atoms. The maximum absolute atomic E-state index is 13.3. The number of carbonyl (C=O) groups is 7. The molecule has 214 valence electrons. The van der Waals surface area contributed by atoms with Gasteiger partial charge < -0.3 is 33.3 Å². The summed E-state index contributed by atoms with van der Waals surface area (Å²) in [7, 11) is -1.05. The van der Waals surface area contributed by atoms with E-state index in [1.165, 1.54) is 0 Å². The lowest BCUT2D eigenvalue weighted by molar-refractivity contribution is -0.205. The fraction of sp³-hybridized carbons (Fsp3) is 0.682. The Bertz CT molecular complexity index is 981. The maximum atomic E-state index is 13.3. The second-order valence-electron chi connectivity index (χ2n) is 8.08. The Morgan fingerprint density at radius 2 is 1.26 bits per heavy atom. The first kappa shape index (κ1) is 32.5. The lowest BCUT2D eigenvalue weighted by atomic mass is 10.0. The Morgan fingerprint density at radius 3 is 1.68 bits per heavy atom. The van der Waals surface area contributed by atoms with Crippen molar-refractivity contribution in [2.45, 2.75) is 77.4 Å². The number of ether oxygens (including phenoxy) is 6. The molecule has 0 N–H and O–H groups in total. The highest BCUT2D eigenvalue weighted by molar-refractivity contribution is 7.86. The molecule has 7 atom stereocenters. The molecule has 0 bridgehead atoms. The molecule has 1 aliphatic rings. The predicted molar refractivity (Wildman–Crippen MR) is 124 cm³/mol. The van der Waals surface area contributed by atoms with Crippen molar-refractivity contribution in [2.75, 3.05) is 19.5 Å². The molecule has 1 aliphatic heterocycles. The number of methoxy groups -OCH3 is 1. The van der Waals surface area contributed by atoms with Crippen LogP contribution in [0, 0.1) is 0 Å². The zero-order valence-corrected chi connectivity index (χ0v) is 22.8. The summed E-state index contributed by atoms with van der Waals surface area (Å²) >= 11 is 0. The lowest BCUT2D eigenvalue weighted by Gasteiger charge is -2.39. The van der Waals surface area contributed by atoms with Gasteiger partial charge in [0.1, 0.15) is 18.0 Å². The number of carbonyl (C=O) groups excluding carboxylic acids is 7. The van der Waals surface area contributed by atoms with Crippen LogP contribution in [0.15, 0.2) is 0 Å². The Hall–Kier alpha value is -3.56. The molecule has 1 heterocycles. The Balaban J connectivity index is 3.81. The van der Waals surface area contributed by atoms with E-state index in [9.17, 15) is 37.8 Å². The van der Waals surface area contributed by atoms with Crippen molar-refractivity contribution in [2.24, 2.45) is 0 Å². The van der Waals surface area contributed by atoms with Gasteiger partial charge in [0.2, 0.25) is 5.91 Å².